The van der Waals surface area contributed by atoms with Crippen LogP contribution in [0.1, 0.15) is 0 Å². The van der Waals surface area contributed by atoms with E-state index in [-0.39, 0.29) is 6.03 Å². The number of benzene rings is 2. The second kappa shape index (κ2) is 6.56. The van der Waals surface area contributed by atoms with Crippen molar-refractivity contribution in [1.29, 1.82) is 0 Å². The Morgan fingerprint density at radius 3 is 2.58 bits per heavy atom. The number of carbonyl (C=O) groups excluding carboxylic acids is 1. The first-order valence-corrected chi connectivity index (χ1v) is 8.03. The zero-order chi connectivity index (χ0) is 17.9. The van der Waals surface area contributed by atoms with Crippen LogP contribution in [0.2, 0.25) is 0 Å². The largest absolute Gasteiger partial charge is 0.382 e. The first kappa shape index (κ1) is 15.6. The van der Waals surface area contributed by atoms with Crippen LogP contribution in [-0.4, -0.2) is 21.2 Å². The van der Waals surface area contributed by atoms with Crippen molar-refractivity contribution in [3.8, 4) is 11.1 Å². The predicted octanol–water partition coefficient (Wildman–Crippen LogP) is 3.85. The standard InChI is InChI=1S/C19H16N6O/c20-18-17-14(4-3-5-15(17)24-25-18)12-7-9-13(10-8-12)22-19(26)23-16-6-1-2-11-21-16/h1-11H,(H3,20,24,25)(H2,21,22,23,26). The molecule has 2 amide bonds. The van der Waals surface area contributed by atoms with E-state index < -0.39 is 0 Å². The van der Waals surface area contributed by atoms with Gasteiger partial charge in [-0.2, -0.15) is 5.10 Å². The maximum absolute atomic E-state index is 12.0. The molecule has 2 aromatic carbocycles. The van der Waals surface area contributed by atoms with Gasteiger partial charge in [-0.05, 0) is 41.5 Å². The van der Waals surface area contributed by atoms with Crippen molar-refractivity contribution in [2.24, 2.45) is 0 Å². The fourth-order valence-electron chi connectivity index (χ4n) is 2.79. The van der Waals surface area contributed by atoms with Crippen LogP contribution in [0.3, 0.4) is 0 Å². The van der Waals surface area contributed by atoms with Crippen molar-refractivity contribution in [3.05, 3.63) is 66.9 Å². The lowest BCUT2D eigenvalue weighted by Gasteiger charge is -2.09. The molecule has 0 aliphatic heterocycles. The smallest absolute Gasteiger partial charge is 0.324 e. The third-order valence-electron chi connectivity index (χ3n) is 3.98. The minimum absolute atomic E-state index is 0.349. The molecular weight excluding hydrogens is 328 g/mol. The fraction of sp³-hybridized carbons (Fsp3) is 0. The van der Waals surface area contributed by atoms with Gasteiger partial charge in [-0.15, -0.1) is 0 Å². The van der Waals surface area contributed by atoms with Crippen molar-refractivity contribution in [2.45, 2.75) is 0 Å². The van der Waals surface area contributed by atoms with Gasteiger partial charge >= 0.3 is 6.03 Å². The molecule has 128 valence electrons. The number of nitrogens with zero attached hydrogens (tertiary/aromatic N) is 2. The molecule has 0 saturated heterocycles. The predicted molar refractivity (Wildman–Crippen MR) is 103 cm³/mol. The molecule has 0 aliphatic carbocycles. The summed E-state index contributed by atoms with van der Waals surface area (Å²) in [6, 6.07) is 18.4. The van der Waals surface area contributed by atoms with Crippen LogP contribution in [-0.2, 0) is 0 Å². The molecule has 2 aromatic heterocycles. The number of hydrogen-bond donors (Lipinski definition) is 4. The normalized spacial score (nSPS) is 10.6. The second-order valence-electron chi connectivity index (χ2n) is 5.71. The number of nitrogens with one attached hydrogen (secondary N) is 3. The third-order valence-corrected chi connectivity index (χ3v) is 3.98. The number of aromatic nitrogens is 3. The topological polar surface area (TPSA) is 109 Å². The average molecular weight is 344 g/mol. The van der Waals surface area contributed by atoms with Crippen LogP contribution in [0.15, 0.2) is 66.9 Å². The van der Waals surface area contributed by atoms with E-state index in [0.717, 1.165) is 22.0 Å². The lowest BCUT2D eigenvalue weighted by Crippen LogP contribution is -2.19. The number of hydrogen-bond acceptors (Lipinski definition) is 4. The van der Waals surface area contributed by atoms with E-state index in [1.807, 2.05) is 42.5 Å². The molecular formula is C19H16N6O. The summed E-state index contributed by atoms with van der Waals surface area (Å²) in [5.41, 5.74) is 9.50. The maximum atomic E-state index is 12.0. The summed E-state index contributed by atoms with van der Waals surface area (Å²) in [7, 11) is 0. The number of anilines is 3. The van der Waals surface area contributed by atoms with Gasteiger partial charge < -0.3 is 11.1 Å². The molecule has 0 atom stereocenters. The Morgan fingerprint density at radius 1 is 0.962 bits per heavy atom. The van der Waals surface area contributed by atoms with Crippen molar-refractivity contribution in [2.75, 3.05) is 16.4 Å². The molecule has 2 heterocycles. The maximum Gasteiger partial charge on any atom is 0.324 e. The molecule has 0 fully saturated rings. The van der Waals surface area contributed by atoms with E-state index in [1.165, 1.54) is 0 Å². The molecule has 0 bridgehead atoms. The lowest BCUT2D eigenvalue weighted by atomic mass is 10.0. The van der Waals surface area contributed by atoms with Crippen LogP contribution >= 0.6 is 0 Å². The summed E-state index contributed by atoms with van der Waals surface area (Å²) in [4.78, 5) is 16.1. The minimum Gasteiger partial charge on any atom is -0.382 e. The van der Waals surface area contributed by atoms with E-state index in [2.05, 4.69) is 25.8 Å². The molecule has 0 spiro atoms. The molecule has 0 radical (unpaired) electrons. The van der Waals surface area contributed by atoms with Crippen LogP contribution in [0, 0.1) is 0 Å². The van der Waals surface area contributed by atoms with Gasteiger partial charge in [0.1, 0.15) is 5.82 Å². The zero-order valence-electron chi connectivity index (χ0n) is 13.7. The summed E-state index contributed by atoms with van der Waals surface area (Å²) >= 11 is 0. The Bertz CT molecular complexity index is 1060. The number of pyridine rings is 1. The molecule has 7 nitrogen and oxygen atoms in total. The van der Waals surface area contributed by atoms with Crippen LogP contribution < -0.4 is 16.4 Å². The van der Waals surface area contributed by atoms with Crippen LogP contribution in [0.4, 0.5) is 22.1 Å². The highest BCUT2D eigenvalue weighted by Crippen LogP contribution is 2.31. The Morgan fingerprint density at radius 2 is 1.81 bits per heavy atom. The number of nitrogens with two attached hydrogens (primary N) is 1. The molecule has 26 heavy (non-hydrogen) atoms. The van der Waals surface area contributed by atoms with Gasteiger partial charge in [-0.1, -0.05) is 30.3 Å². The highest BCUT2D eigenvalue weighted by atomic mass is 16.2. The highest BCUT2D eigenvalue weighted by Gasteiger charge is 2.10. The first-order chi connectivity index (χ1) is 12.7. The molecule has 7 heteroatoms. The van der Waals surface area contributed by atoms with Gasteiger partial charge in [0.25, 0.3) is 0 Å². The van der Waals surface area contributed by atoms with Gasteiger partial charge in [0.2, 0.25) is 0 Å². The molecule has 4 rings (SSSR count). The first-order valence-electron chi connectivity index (χ1n) is 8.03. The number of H-pyrrole nitrogens is 1. The minimum atomic E-state index is -0.349. The van der Waals surface area contributed by atoms with Gasteiger partial charge in [-0.3, -0.25) is 10.4 Å². The second-order valence-corrected chi connectivity index (χ2v) is 5.71. The number of aromatic amines is 1. The molecule has 5 N–H and O–H groups in total. The highest BCUT2D eigenvalue weighted by molar-refractivity contribution is 6.02. The van der Waals surface area contributed by atoms with Crippen molar-refractivity contribution in [1.82, 2.24) is 15.2 Å². The Balaban J connectivity index is 1.53. The monoisotopic (exact) mass is 344 g/mol. The van der Waals surface area contributed by atoms with Gasteiger partial charge in [-0.25, -0.2) is 9.78 Å². The summed E-state index contributed by atoms with van der Waals surface area (Å²) in [6.45, 7) is 0. The van der Waals surface area contributed by atoms with E-state index in [1.54, 1.807) is 24.4 Å². The number of amides is 2. The fourth-order valence-corrected chi connectivity index (χ4v) is 2.79. The number of rotatable bonds is 3. The van der Waals surface area contributed by atoms with Gasteiger partial charge in [0.15, 0.2) is 5.82 Å². The Kier molecular flexibility index (Phi) is 3.95. The van der Waals surface area contributed by atoms with Crippen molar-refractivity contribution >= 4 is 34.3 Å². The van der Waals surface area contributed by atoms with Crippen molar-refractivity contribution < 1.29 is 4.79 Å². The third kappa shape index (κ3) is 3.05. The quantitative estimate of drug-likeness (QED) is 0.452. The van der Waals surface area contributed by atoms with E-state index in [0.29, 0.717) is 17.3 Å². The van der Waals surface area contributed by atoms with Gasteiger partial charge in [0.05, 0.1) is 10.9 Å². The Labute approximate surface area is 149 Å². The van der Waals surface area contributed by atoms with E-state index in [4.69, 9.17) is 5.73 Å². The van der Waals surface area contributed by atoms with Crippen LogP contribution in [0.25, 0.3) is 22.0 Å². The van der Waals surface area contributed by atoms with E-state index in [9.17, 15) is 4.79 Å². The molecule has 4 aromatic rings. The summed E-state index contributed by atoms with van der Waals surface area (Å²) in [6.07, 6.45) is 1.62. The Hall–Kier alpha value is -3.87. The number of carbonyl (C=O) groups is 1. The number of fused-ring (bicyclic) bond motifs is 1. The SMILES string of the molecule is Nc1n[nH]c2cccc(-c3ccc(NC(=O)Nc4ccccn4)cc3)c12. The van der Waals surface area contributed by atoms with Crippen LogP contribution in [0.5, 0.6) is 0 Å². The average Bonchev–Trinajstić information content (AvgIpc) is 3.04. The number of urea groups is 1. The molecule has 0 saturated carbocycles. The number of nitrogen functional groups attached to an aromatic ring is 1. The van der Waals surface area contributed by atoms with E-state index >= 15 is 0 Å². The zero-order valence-corrected chi connectivity index (χ0v) is 13.7. The van der Waals surface area contributed by atoms with Crippen molar-refractivity contribution in [3.63, 3.8) is 0 Å². The summed E-state index contributed by atoms with van der Waals surface area (Å²) in [5.74, 6) is 0.955. The summed E-state index contributed by atoms with van der Waals surface area (Å²) in [5, 5.41) is 13.3. The van der Waals surface area contributed by atoms with Gasteiger partial charge in [0, 0.05) is 11.9 Å². The molecule has 0 aliphatic rings. The molecule has 0 unspecified atom stereocenters. The summed E-state index contributed by atoms with van der Waals surface area (Å²) < 4.78 is 0. The lowest BCUT2D eigenvalue weighted by molar-refractivity contribution is 0.262.